The van der Waals surface area contributed by atoms with Crippen molar-refractivity contribution in [3.8, 4) is 0 Å². The molecule has 0 rings (SSSR count). The zero-order valence-corrected chi connectivity index (χ0v) is 14.4. The van der Waals surface area contributed by atoms with Gasteiger partial charge in [-0.25, -0.2) is 4.79 Å². The van der Waals surface area contributed by atoms with Gasteiger partial charge in [0.15, 0.2) is 0 Å². The van der Waals surface area contributed by atoms with Gasteiger partial charge in [0.1, 0.15) is 5.60 Å². The summed E-state index contributed by atoms with van der Waals surface area (Å²) in [6.45, 7) is 8.76. The van der Waals surface area contributed by atoms with Gasteiger partial charge in [0.25, 0.3) is 0 Å². The number of hydroxylamine groups is 1. The second kappa shape index (κ2) is 13.1. The number of nitrogens with one attached hydrogen (secondary N) is 2. The predicted molar refractivity (Wildman–Crippen MR) is 90.0 cm³/mol. The average Bonchev–Trinajstić information content (AvgIpc) is 2.41. The Bertz CT molecular complexity index is 329. The number of rotatable bonds is 10. The fourth-order valence-electron chi connectivity index (χ4n) is 1.52. The fourth-order valence-corrected chi connectivity index (χ4v) is 1.52. The molecule has 0 saturated carbocycles. The lowest BCUT2D eigenvalue weighted by molar-refractivity contribution is -0.125. The molecule has 1 unspecified atom stereocenters. The molecule has 0 aromatic carbocycles. The van der Waals surface area contributed by atoms with Gasteiger partial charge in [-0.05, 0) is 40.0 Å². The summed E-state index contributed by atoms with van der Waals surface area (Å²) < 4.78 is 9.95. The van der Waals surface area contributed by atoms with E-state index in [4.69, 9.17) is 14.3 Å². The zero-order chi connectivity index (χ0) is 17.0. The van der Waals surface area contributed by atoms with Crippen LogP contribution < -0.4 is 10.8 Å². The van der Waals surface area contributed by atoms with E-state index in [2.05, 4.69) is 10.8 Å². The summed E-state index contributed by atoms with van der Waals surface area (Å²) in [6.07, 6.45) is 1.61. The van der Waals surface area contributed by atoms with Gasteiger partial charge in [0.05, 0.1) is 6.61 Å². The van der Waals surface area contributed by atoms with E-state index >= 15 is 0 Å². The number of hydrogen-bond donors (Lipinski definition) is 2. The largest absolute Gasteiger partial charge is 0.442 e. The molecule has 0 heterocycles. The molecule has 0 aromatic heterocycles. The number of methoxy groups -OCH3 is 1. The summed E-state index contributed by atoms with van der Waals surface area (Å²) in [7, 11) is 1.62. The monoisotopic (exact) mass is 334 g/mol. The van der Waals surface area contributed by atoms with Crippen LogP contribution in [0, 0.1) is 5.92 Å². The molecule has 0 aromatic rings. The number of unbranched alkanes of at least 4 members (excludes halogenated alkanes) is 1. The second-order valence-electron chi connectivity index (χ2n) is 6.13. The first-order valence-corrected chi connectivity index (χ1v) is 7.63. The van der Waals surface area contributed by atoms with Crippen molar-refractivity contribution in [1.29, 1.82) is 0 Å². The lowest BCUT2D eigenvalue weighted by Crippen LogP contribution is -2.33. The first-order chi connectivity index (χ1) is 10.3. The summed E-state index contributed by atoms with van der Waals surface area (Å²) in [5, 5.41) is 2.86. The quantitative estimate of drug-likeness (QED) is 0.474. The van der Waals surface area contributed by atoms with Crippen LogP contribution in [0.1, 0.15) is 54.4 Å². The van der Waals surface area contributed by atoms with Crippen LogP contribution in [0.5, 0.6) is 0 Å². The summed E-state index contributed by atoms with van der Waals surface area (Å²) >= 11 is 0. The number of carbonyl (C=O) groups is 2. The Labute approximate surface area is 140 Å². The van der Waals surface area contributed by atoms with Crippen molar-refractivity contribution >= 4 is 12.0 Å². The van der Waals surface area contributed by atoms with Crippen molar-refractivity contribution in [2.75, 3.05) is 26.9 Å². The summed E-state index contributed by atoms with van der Waals surface area (Å²) in [6, 6.07) is 0. The van der Waals surface area contributed by atoms with E-state index < -0.39 is 11.7 Å². The first-order valence-electron chi connectivity index (χ1n) is 7.63. The Morgan fingerprint density at radius 3 is 2.35 bits per heavy atom. The van der Waals surface area contributed by atoms with E-state index in [1.165, 1.54) is 0 Å². The Hall–Kier alpha value is -1.34. The van der Waals surface area contributed by atoms with Crippen molar-refractivity contribution in [2.24, 2.45) is 5.92 Å². The lowest BCUT2D eigenvalue weighted by atomic mass is 10.1. The summed E-state index contributed by atoms with van der Waals surface area (Å²) in [5.74, 6) is -0.0186. The van der Waals surface area contributed by atoms with Crippen LogP contribution in [0.15, 0.2) is 0 Å². The highest BCUT2D eigenvalue weighted by Gasteiger charge is 2.15. The average molecular weight is 334 g/mol. The normalized spacial score (nSPS) is 12.0. The van der Waals surface area contributed by atoms with E-state index in [9.17, 15) is 9.59 Å². The fraction of sp³-hybridized carbons (Fsp3) is 0.875. The van der Waals surface area contributed by atoms with E-state index in [1.54, 1.807) is 27.9 Å². The second-order valence-corrected chi connectivity index (χ2v) is 6.13. The van der Waals surface area contributed by atoms with Gasteiger partial charge in [-0.3, -0.25) is 9.63 Å². The molecule has 0 saturated heterocycles. The molecular weight excluding hydrogens is 300 g/mol. The molecular formula is C16H34N2O5. The smallest absolute Gasteiger partial charge is 0.431 e. The van der Waals surface area contributed by atoms with Gasteiger partial charge in [-0.2, -0.15) is 5.48 Å². The summed E-state index contributed by atoms with van der Waals surface area (Å²) in [4.78, 5) is 28.0. The molecule has 0 bridgehead atoms. The molecule has 0 aliphatic rings. The Balaban J connectivity index is 0. The van der Waals surface area contributed by atoms with Crippen LogP contribution >= 0.6 is 0 Å². The molecule has 0 radical (unpaired) electrons. The van der Waals surface area contributed by atoms with Gasteiger partial charge in [0, 0.05) is 26.2 Å². The van der Waals surface area contributed by atoms with Crippen LogP contribution in [0.25, 0.3) is 0 Å². The van der Waals surface area contributed by atoms with Crippen LogP contribution in [0.4, 0.5) is 4.79 Å². The van der Waals surface area contributed by atoms with Gasteiger partial charge in [0.2, 0.25) is 5.91 Å². The van der Waals surface area contributed by atoms with E-state index in [0.717, 1.165) is 12.8 Å². The van der Waals surface area contributed by atoms with E-state index in [-0.39, 0.29) is 19.3 Å². The molecule has 7 heteroatoms. The number of carbonyl (C=O) groups excluding carboxylic acids is 2. The number of amides is 2. The zero-order valence-electron chi connectivity index (χ0n) is 14.4. The van der Waals surface area contributed by atoms with Crippen molar-refractivity contribution in [2.45, 2.75) is 60.0 Å². The van der Waals surface area contributed by atoms with Crippen LogP contribution in [0.3, 0.4) is 0 Å². The van der Waals surface area contributed by atoms with Crippen LogP contribution in [-0.2, 0) is 19.1 Å². The van der Waals surface area contributed by atoms with Crippen molar-refractivity contribution < 1.29 is 23.9 Å². The molecule has 0 aliphatic heterocycles. The van der Waals surface area contributed by atoms with Crippen LogP contribution in [-0.4, -0.2) is 44.5 Å². The highest BCUT2D eigenvalue weighted by molar-refractivity contribution is 5.78. The molecule has 2 N–H and O–H groups in total. The van der Waals surface area contributed by atoms with E-state index in [0.29, 0.717) is 26.2 Å². The molecule has 1 atom stereocenters. The standard InChI is InChI=1S/C15H30N2O5.CH4/c1-12(8-11-20-5)13(18)16-9-6-7-10-21-17-14(19)22-15(2,3)4;/h12H,6-11H2,1-5H3,(H,16,18)(H,17,19);1H4. The van der Waals surface area contributed by atoms with Gasteiger partial charge >= 0.3 is 6.09 Å². The molecule has 0 fully saturated rings. The summed E-state index contributed by atoms with van der Waals surface area (Å²) in [5.41, 5.74) is 1.67. The van der Waals surface area contributed by atoms with Crippen molar-refractivity contribution in [3.05, 3.63) is 0 Å². The number of hydrogen-bond acceptors (Lipinski definition) is 5. The SMILES string of the molecule is C.COCCC(C)C(=O)NCCCCONC(=O)OC(C)(C)C. The highest BCUT2D eigenvalue weighted by Crippen LogP contribution is 2.06. The topological polar surface area (TPSA) is 85.9 Å². The Kier molecular flexibility index (Phi) is 13.7. The van der Waals surface area contributed by atoms with Crippen LogP contribution in [0.2, 0.25) is 0 Å². The number of ether oxygens (including phenoxy) is 2. The molecule has 138 valence electrons. The maximum absolute atomic E-state index is 11.7. The lowest BCUT2D eigenvalue weighted by Gasteiger charge is -2.19. The third kappa shape index (κ3) is 15.3. The third-order valence-corrected chi connectivity index (χ3v) is 2.73. The minimum Gasteiger partial charge on any atom is -0.442 e. The van der Waals surface area contributed by atoms with E-state index in [1.807, 2.05) is 6.92 Å². The van der Waals surface area contributed by atoms with Gasteiger partial charge < -0.3 is 14.8 Å². The highest BCUT2D eigenvalue weighted by atomic mass is 16.7. The maximum Gasteiger partial charge on any atom is 0.431 e. The minimum atomic E-state index is -0.604. The molecule has 7 nitrogen and oxygen atoms in total. The van der Waals surface area contributed by atoms with Gasteiger partial charge in [-0.1, -0.05) is 14.4 Å². The third-order valence-electron chi connectivity index (χ3n) is 2.73. The predicted octanol–water partition coefficient (Wildman–Crippen LogP) is 2.65. The van der Waals surface area contributed by atoms with Crippen molar-refractivity contribution in [3.63, 3.8) is 0 Å². The van der Waals surface area contributed by atoms with Crippen molar-refractivity contribution in [1.82, 2.24) is 10.8 Å². The Morgan fingerprint density at radius 1 is 1.13 bits per heavy atom. The Morgan fingerprint density at radius 2 is 1.78 bits per heavy atom. The molecule has 0 spiro atoms. The first kappa shape index (κ1) is 23.9. The molecule has 2 amide bonds. The van der Waals surface area contributed by atoms with Gasteiger partial charge in [-0.15, -0.1) is 0 Å². The minimum absolute atomic E-state index is 0. The maximum atomic E-state index is 11.7. The molecule has 23 heavy (non-hydrogen) atoms. The molecule has 0 aliphatic carbocycles.